The molecule has 204 valence electrons. The molecule has 0 unspecified atom stereocenters. The van der Waals surface area contributed by atoms with Gasteiger partial charge in [-0.1, -0.05) is 30.3 Å². The van der Waals surface area contributed by atoms with Gasteiger partial charge in [0.05, 0.1) is 34.4 Å². The molecule has 5 rings (SSSR count). The number of benzene rings is 2. The molecule has 2 aromatic carbocycles. The lowest BCUT2D eigenvalue weighted by molar-refractivity contribution is -0.137. The number of hydrogen-bond acceptors (Lipinski definition) is 6. The highest BCUT2D eigenvalue weighted by molar-refractivity contribution is 6.06. The molecule has 1 amide bonds. The number of halogens is 4. The largest absolute Gasteiger partial charge is 0.495 e. The number of aromatic nitrogens is 5. The first-order valence-electron chi connectivity index (χ1n) is 11.7. The Morgan fingerprint density at radius 2 is 1.85 bits per heavy atom. The molecule has 0 aliphatic rings. The van der Waals surface area contributed by atoms with Gasteiger partial charge in [0, 0.05) is 42.4 Å². The molecular weight excluding hydrogens is 532 g/mol. The van der Waals surface area contributed by atoms with E-state index in [4.69, 9.17) is 0 Å². The highest BCUT2D eigenvalue weighted by atomic mass is 19.4. The molecule has 40 heavy (non-hydrogen) atoms. The summed E-state index contributed by atoms with van der Waals surface area (Å²) in [7, 11) is 1.52. The van der Waals surface area contributed by atoms with Crippen LogP contribution in [0.25, 0.3) is 22.5 Å². The molecule has 0 spiro atoms. The molecule has 0 aliphatic carbocycles. The van der Waals surface area contributed by atoms with E-state index in [2.05, 4.69) is 25.4 Å². The lowest BCUT2D eigenvalue weighted by Gasteiger charge is -2.15. The van der Waals surface area contributed by atoms with E-state index in [1.54, 1.807) is 30.3 Å². The molecule has 0 saturated carbocycles. The number of carbonyl (C=O) groups excluding carboxylic acids is 1. The van der Waals surface area contributed by atoms with Crippen molar-refractivity contribution in [2.24, 2.45) is 7.05 Å². The van der Waals surface area contributed by atoms with Gasteiger partial charge in [0.1, 0.15) is 11.6 Å². The summed E-state index contributed by atoms with van der Waals surface area (Å²) in [6.07, 6.45) is -2.17. The lowest BCUT2D eigenvalue weighted by Crippen LogP contribution is -2.18. The van der Waals surface area contributed by atoms with Crippen molar-refractivity contribution in [2.45, 2.75) is 12.6 Å². The van der Waals surface area contributed by atoms with Gasteiger partial charge in [-0.05, 0) is 18.2 Å². The Bertz CT molecular complexity index is 1710. The molecule has 3 aromatic heterocycles. The second-order valence-corrected chi connectivity index (χ2v) is 8.82. The zero-order chi connectivity index (χ0) is 28.6. The summed E-state index contributed by atoms with van der Waals surface area (Å²) in [6, 6.07) is 12.4. The minimum Gasteiger partial charge on any atom is -0.495 e. The van der Waals surface area contributed by atoms with E-state index >= 15 is 0 Å². The minimum absolute atomic E-state index is 0.0257. The maximum Gasteiger partial charge on any atom is 0.417 e. The van der Waals surface area contributed by atoms with Crippen molar-refractivity contribution in [3.63, 3.8) is 0 Å². The fourth-order valence-electron chi connectivity index (χ4n) is 4.13. The molecule has 13 heteroatoms. The number of nitrogens with zero attached hydrogens (tertiary/aromatic N) is 4. The molecule has 0 fully saturated rings. The molecule has 0 radical (unpaired) electrons. The number of H-pyrrole nitrogens is 1. The third-order valence-electron chi connectivity index (χ3n) is 5.99. The van der Waals surface area contributed by atoms with Gasteiger partial charge in [-0.2, -0.15) is 18.3 Å². The Labute approximate surface area is 223 Å². The quantitative estimate of drug-likeness (QED) is 0.212. The number of nitrogens with one attached hydrogen (secondary N) is 2. The van der Waals surface area contributed by atoms with Crippen LogP contribution in [-0.2, 0) is 19.6 Å². The van der Waals surface area contributed by atoms with Gasteiger partial charge in [-0.3, -0.25) is 14.5 Å². The third-order valence-corrected chi connectivity index (χ3v) is 5.99. The van der Waals surface area contributed by atoms with Gasteiger partial charge in [-0.15, -0.1) is 0 Å². The van der Waals surface area contributed by atoms with Gasteiger partial charge in [0.2, 0.25) is 0 Å². The second kappa shape index (κ2) is 10.2. The standard InChI is InChI=1S/C27H20F4N6O3/c1-37-8-7-20(36-37)16-11-17(19(28)12-18(16)27(29,30)31)26(40)33-21-13-32-22(9-15-10-23(38)35-25(15)39)34-24(21)14-5-3-2-4-6-14/h2-8,10-13,35,38-39H,9H2,1H3,(H,33,40). The molecule has 5 aromatic rings. The number of aryl methyl sites for hydroxylation is 1. The first-order valence-corrected chi connectivity index (χ1v) is 11.7. The number of amides is 1. The average molecular weight is 552 g/mol. The number of anilines is 1. The maximum atomic E-state index is 14.9. The lowest BCUT2D eigenvalue weighted by atomic mass is 9.99. The maximum absolute atomic E-state index is 14.9. The van der Waals surface area contributed by atoms with Crippen LogP contribution >= 0.6 is 0 Å². The molecule has 0 saturated heterocycles. The smallest absolute Gasteiger partial charge is 0.417 e. The van der Waals surface area contributed by atoms with Gasteiger partial charge in [0.25, 0.3) is 5.91 Å². The Balaban J connectivity index is 1.54. The topological polar surface area (TPSA) is 129 Å². The molecule has 3 heterocycles. The zero-order valence-corrected chi connectivity index (χ0v) is 20.7. The highest BCUT2D eigenvalue weighted by Gasteiger charge is 2.36. The van der Waals surface area contributed by atoms with Crippen LogP contribution in [0.5, 0.6) is 11.8 Å². The number of rotatable bonds is 6. The van der Waals surface area contributed by atoms with Crippen LogP contribution < -0.4 is 5.32 Å². The van der Waals surface area contributed by atoms with E-state index in [0.717, 1.165) is 6.07 Å². The number of hydrogen-bond donors (Lipinski definition) is 4. The van der Waals surface area contributed by atoms with Crippen molar-refractivity contribution in [3.05, 3.63) is 95.3 Å². The van der Waals surface area contributed by atoms with Gasteiger partial charge in [-0.25, -0.2) is 14.4 Å². The average Bonchev–Trinajstić information content (AvgIpc) is 3.48. The van der Waals surface area contributed by atoms with Crippen LogP contribution in [0.2, 0.25) is 0 Å². The van der Waals surface area contributed by atoms with E-state index in [0.29, 0.717) is 11.1 Å². The fraction of sp³-hybridized carbons (Fsp3) is 0.111. The first kappa shape index (κ1) is 26.4. The predicted molar refractivity (Wildman–Crippen MR) is 136 cm³/mol. The van der Waals surface area contributed by atoms with E-state index < -0.39 is 34.6 Å². The Morgan fingerprint density at radius 1 is 1.10 bits per heavy atom. The Morgan fingerprint density at radius 3 is 2.48 bits per heavy atom. The van der Waals surface area contributed by atoms with Crippen LogP contribution in [0.4, 0.5) is 23.2 Å². The van der Waals surface area contributed by atoms with E-state index in [9.17, 15) is 32.6 Å². The molecular formula is C27H20F4N6O3. The number of alkyl halides is 3. The molecule has 9 nitrogen and oxygen atoms in total. The van der Waals surface area contributed by atoms with Crippen LogP contribution in [0.3, 0.4) is 0 Å². The highest BCUT2D eigenvalue weighted by Crippen LogP contribution is 2.38. The zero-order valence-electron chi connectivity index (χ0n) is 20.7. The number of aromatic amines is 1. The Hall–Kier alpha value is -5.20. The number of aromatic hydroxyl groups is 2. The van der Waals surface area contributed by atoms with Gasteiger partial charge < -0.3 is 15.5 Å². The summed E-state index contributed by atoms with van der Waals surface area (Å²) in [6.45, 7) is 0. The SMILES string of the molecule is Cn1ccc(-c2cc(C(=O)Nc3cnc(Cc4cc(O)[nH]c4O)nc3-c3ccccc3)c(F)cc2C(F)(F)F)n1. The normalized spacial score (nSPS) is 11.5. The monoisotopic (exact) mass is 552 g/mol. The minimum atomic E-state index is -4.89. The molecule has 0 aliphatic heterocycles. The summed E-state index contributed by atoms with van der Waals surface area (Å²) < 4.78 is 57.4. The van der Waals surface area contributed by atoms with Crippen molar-refractivity contribution < 1.29 is 32.6 Å². The predicted octanol–water partition coefficient (Wildman–Crippen LogP) is 5.28. The molecule has 0 atom stereocenters. The van der Waals surface area contributed by atoms with Crippen molar-refractivity contribution in [1.82, 2.24) is 24.7 Å². The van der Waals surface area contributed by atoms with Crippen molar-refractivity contribution >= 4 is 11.6 Å². The van der Waals surface area contributed by atoms with Crippen molar-refractivity contribution in [2.75, 3.05) is 5.32 Å². The Kier molecular flexibility index (Phi) is 6.71. The van der Waals surface area contributed by atoms with Crippen LogP contribution in [-0.4, -0.2) is 40.9 Å². The van der Waals surface area contributed by atoms with E-state index in [1.165, 1.54) is 36.3 Å². The van der Waals surface area contributed by atoms with E-state index in [-0.39, 0.29) is 47.1 Å². The first-order chi connectivity index (χ1) is 19.0. The second-order valence-electron chi connectivity index (χ2n) is 8.82. The van der Waals surface area contributed by atoms with Crippen LogP contribution in [0.1, 0.15) is 27.3 Å². The third kappa shape index (κ3) is 5.34. The number of carbonyl (C=O) groups is 1. The fourth-order valence-corrected chi connectivity index (χ4v) is 4.13. The van der Waals surface area contributed by atoms with Crippen molar-refractivity contribution in [1.29, 1.82) is 0 Å². The van der Waals surface area contributed by atoms with E-state index in [1.807, 2.05) is 0 Å². The summed E-state index contributed by atoms with van der Waals surface area (Å²) in [4.78, 5) is 24.3. The van der Waals surface area contributed by atoms with Crippen LogP contribution in [0.15, 0.2) is 67.0 Å². The van der Waals surface area contributed by atoms with Gasteiger partial charge >= 0.3 is 6.18 Å². The summed E-state index contributed by atoms with van der Waals surface area (Å²) >= 11 is 0. The van der Waals surface area contributed by atoms with Crippen molar-refractivity contribution in [3.8, 4) is 34.3 Å². The molecule has 0 bridgehead atoms. The summed E-state index contributed by atoms with van der Waals surface area (Å²) in [5, 5.41) is 26.0. The summed E-state index contributed by atoms with van der Waals surface area (Å²) in [5.74, 6) is -2.68. The summed E-state index contributed by atoms with van der Waals surface area (Å²) in [5.41, 5.74) is -1.24. The molecule has 4 N–H and O–H groups in total. The van der Waals surface area contributed by atoms with Crippen LogP contribution in [0, 0.1) is 5.82 Å². The van der Waals surface area contributed by atoms with Gasteiger partial charge in [0.15, 0.2) is 11.8 Å².